The summed E-state index contributed by atoms with van der Waals surface area (Å²) in [5, 5.41) is 0. The summed E-state index contributed by atoms with van der Waals surface area (Å²) in [7, 11) is 0. The van der Waals surface area contributed by atoms with Gasteiger partial charge in [0, 0.05) is 0 Å². The molecule has 0 bridgehead atoms. The molecule has 126 valence electrons. The zero-order valence-electron chi connectivity index (χ0n) is 13.9. The van der Waals surface area contributed by atoms with Crippen molar-refractivity contribution >= 4 is 11.9 Å². The number of hydrogen-bond donors (Lipinski definition) is 0. The van der Waals surface area contributed by atoms with Gasteiger partial charge in [-0.15, -0.1) is 0 Å². The van der Waals surface area contributed by atoms with Crippen LogP contribution in [0, 0.1) is 0 Å². The standard InChI is InChI=1S/C18H25NO4/c1-3-22-17(20)15-10-8-14(9-11-15)16(18(21)23-4-2)19-12-6-5-7-13-19/h8-11,16H,3-7,12-13H2,1-2H3. The number of carbonyl (C=O) groups excluding carboxylic acids is 2. The van der Waals surface area contributed by atoms with Gasteiger partial charge >= 0.3 is 11.9 Å². The van der Waals surface area contributed by atoms with Crippen LogP contribution in [0.5, 0.6) is 0 Å². The number of rotatable bonds is 6. The van der Waals surface area contributed by atoms with Crippen molar-refractivity contribution < 1.29 is 19.1 Å². The predicted octanol–water partition coefficient (Wildman–Crippen LogP) is 2.95. The van der Waals surface area contributed by atoms with E-state index in [-0.39, 0.29) is 11.9 Å². The Balaban J connectivity index is 2.20. The monoisotopic (exact) mass is 319 g/mol. The number of benzene rings is 1. The van der Waals surface area contributed by atoms with Crippen molar-refractivity contribution in [2.45, 2.75) is 39.2 Å². The van der Waals surface area contributed by atoms with Crippen LogP contribution in [-0.2, 0) is 14.3 Å². The van der Waals surface area contributed by atoms with Crippen LogP contribution < -0.4 is 0 Å². The van der Waals surface area contributed by atoms with Gasteiger partial charge in [0.15, 0.2) is 0 Å². The first-order valence-corrected chi connectivity index (χ1v) is 8.35. The molecule has 1 aromatic carbocycles. The lowest BCUT2D eigenvalue weighted by Crippen LogP contribution is -2.38. The van der Waals surface area contributed by atoms with Crippen LogP contribution >= 0.6 is 0 Å². The van der Waals surface area contributed by atoms with Crippen LogP contribution in [0.15, 0.2) is 24.3 Å². The van der Waals surface area contributed by atoms with Gasteiger partial charge in [-0.25, -0.2) is 9.59 Å². The minimum Gasteiger partial charge on any atom is -0.465 e. The lowest BCUT2D eigenvalue weighted by Gasteiger charge is -2.33. The van der Waals surface area contributed by atoms with Gasteiger partial charge < -0.3 is 9.47 Å². The predicted molar refractivity (Wildman–Crippen MR) is 87.2 cm³/mol. The molecule has 1 saturated heterocycles. The molecule has 0 aliphatic carbocycles. The fourth-order valence-corrected chi connectivity index (χ4v) is 2.91. The number of nitrogens with zero attached hydrogens (tertiary/aromatic N) is 1. The van der Waals surface area contributed by atoms with Gasteiger partial charge in [0.2, 0.25) is 0 Å². The lowest BCUT2D eigenvalue weighted by molar-refractivity contribution is -0.150. The molecule has 1 atom stereocenters. The van der Waals surface area contributed by atoms with E-state index in [4.69, 9.17) is 9.47 Å². The van der Waals surface area contributed by atoms with E-state index in [9.17, 15) is 9.59 Å². The van der Waals surface area contributed by atoms with Crippen LogP contribution in [0.1, 0.15) is 55.1 Å². The number of hydrogen-bond acceptors (Lipinski definition) is 5. The van der Waals surface area contributed by atoms with Crippen molar-refractivity contribution in [1.29, 1.82) is 0 Å². The van der Waals surface area contributed by atoms with Crippen LogP contribution in [0.3, 0.4) is 0 Å². The van der Waals surface area contributed by atoms with Crippen molar-refractivity contribution in [3.63, 3.8) is 0 Å². The minimum absolute atomic E-state index is 0.224. The quantitative estimate of drug-likeness (QED) is 0.755. The van der Waals surface area contributed by atoms with E-state index in [1.165, 1.54) is 6.42 Å². The van der Waals surface area contributed by atoms with E-state index in [2.05, 4.69) is 4.90 Å². The summed E-state index contributed by atoms with van der Waals surface area (Å²) in [5.74, 6) is -0.567. The molecule has 23 heavy (non-hydrogen) atoms. The van der Waals surface area contributed by atoms with E-state index in [0.29, 0.717) is 18.8 Å². The van der Waals surface area contributed by atoms with Gasteiger partial charge in [0.25, 0.3) is 0 Å². The molecule has 5 nitrogen and oxygen atoms in total. The second-order valence-electron chi connectivity index (χ2n) is 5.59. The Morgan fingerprint density at radius 1 is 1.00 bits per heavy atom. The fraction of sp³-hybridized carbons (Fsp3) is 0.556. The van der Waals surface area contributed by atoms with Crippen LogP contribution in [0.2, 0.25) is 0 Å². The van der Waals surface area contributed by atoms with Crippen molar-refractivity contribution in [2.75, 3.05) is 26.3 Å². The van der Waals surface area contributed by atoms with E-state index in [1.807, 2.05) is 19.1 Å². The number of carbonyl (C=O) groups is 2. The Labute approximate surface area is 137 Å². The Morgan fingerprint density at radius 2 is 1.61 bits per heavy atom. The molecule has 1 aliphatic rings. The van der Waals surface area contributed by atoms with Crippen LogP contribution in [0.25, 0.3) is 0 Å². The maximum Gasteiger partial charge on any atom is 0.338 e. The lowest BCUT2D eigenvalue weighted by atomic mass is 10.0. The highest BCUT2D eigenvalue weighted by Gasteiger charge is 2.30. The zero-order valence-corrected chi connectivity index (χ0v) is 13.9. The average molecular weight is 319 g/mol. The normalized spacial score (nSPS) is 16.6. The summed E-state index contributed by atoms with van der Waals surface area (Å²) in [4.78, 5) is 26.3. The topological polar surface area (TPSA) is 55.8 Å². The maximum atomic E-state index is 12.4. The average Bonchev–Trinajstić information content (AvgIpc) is 2.57. The molecule has 1 aromatic rings. The highest BCUT2D eigenvalue weighted by Crippen LogP contribution is 2.26. The number of ether oxygens (including phenoxy) is 2. The molecule has 1 heterocycles. The first-order chi connectivity index (χ1) is 11.2. The van der Waals surface area contributed by atoms with Crippen molar-refractivity contribution in [1.82, 2.24) is 4.90 Å². The first-order valence-electron chi connectivity index (χ1n) is 8.35. The summed E-state index contributed by atoms with van der Waals surface area (Å²) in [6, 6.07) is 6.67. The Kier molecular flexibility index (Phi) is 6.59. The van der Waals surface area contributed by atoms with Gasteiger partial charge in [-0.3, -0.25) is 4.90 Å². The highest BCUT2D eigenvalue weighted by molar-refractivity contribution is 5.89. The van der Waals surface area contributed by atoms with E-state index in [0.717, 1.165) is 31.5 Å². The second kappa shape index (κ2) is 8.67. The van der Waals surface area contributed by atoms with E-state index in [1.54, 1.807) is 19.1 Å². The summed E-state index contributed by atoms with van der Waals surface area (Å²) in [6.45, 7) is 6.09. The Hall–Kier alpha value is -1.88. The SMILES string of the molecule is CCOC(=O)c1ccc(C(C(=O)OCC)N2CCCCC2)cc1. The number of piperidine rings is 1. The zero-order chi connectivity index (χ0) is 16.7. The summed E-state index contributed by atoms with van der Waals surface area (Å²) >= 11 is 0. The largest absolute Gasteiger partial charge is 0.465 e. The molecule has 0 aromatic heterocycles. The van der Waals surface area contributed by atoms with Gasteiger partial charge in [0.05, 0.1) is 18.8 Å². The summed E-state index contributed by atoms with van der Waals surface area (Å²) in [6.07, 6.45) is 3.39. The third-order valence-corrected chi connectivity index (χ3v) is 4.00. The van der Waals surface area contributed by atoms with Gasteiger partial charge in [-0.1, -0.05) is 18.6 Å². The molecule has 2 rings (SSSR count). The van der Waals surface area contributed by atoms with E-state index >= 15 is 0 Å². The third kappa shape index (κ3) is 4.55. The number of esters is 2. The molecule has 1 aliphatic heterocycles. The highest BCUT2D eigenvalue weighted by atomic mass is 16.5. The molecule has 0 saturated carbocycles. The van der Waals surface area contributed by atoms with Crippen molar-refractivity contribution in [2.24, 2.45) is 0 Å². The molecular weight excluding hydrogens is 294 g/mol. The Bertz CT molecular complexity index is 520. The summed E-state index contributed by atoms with van der Waals surface area (Å²) < 4.78 is 10.2. The number of likely N-dealkylation sites (tertiary alicyclic amines) is 1. The molecule has 1 unspecified atom stereocenters. The van der Waals surface area contributed by atoms with Gasteiger partial charge in [0.1, 0.15) is 6.04 Å². The van der Waals surface area contributed by atoms with Gasteiger partial charge in [-0.05, 0) is 57.5 Å². The van der Waals surface area contributed by atoms with Crippen molar-refractivity contribution in [3.05, 3.63) is 35.4 Å². The van der Waals surface area contributed by atoms with Crippen molar-refractivity contribution in [3.8, 4) is 0 Å². The smallest absolute Gasteiger partial charge is 0.338 e. The van der Waals surface area contributed by atoms with Gasteiger partial charge in [-0.2, -0.15) is 0 Å². The van der Waals surface area contributed by atoms with Crippen LogP contribution in [-0.4, -0.2) is 43.1 Å². The molecule has 0 amide bonds. The molecular formula is C18H25NO4. The fourth-order valence-electron chi connectivity index (χ4n) is 2.91. The third-order valence-electron chi connectivity index (χ3n) is 4.00. The van der Waals surface area contributed by atoms with E-state index < -0.39 is 6.04 Å². The maximum absolute atomic E-state index is 12.4. The molecule has 0 radical (unpaired) electrons. The summed E-state index contributed by atoms with van der Waals surface area (Å²) in [5.41, 5.74) is 1.36. The molecule has 1 fully saturated rings. The Morgan fingerprint density at radius 3 is 2.17 bits per heavy atom. The molecule has 5 heteroatoms. The molecule has 0 spiro atoms. The second-order valence-corrected chi connectivity index (χ2v) is 5.59. The first kappa shape index (κ1) is 17.5. The minimum atomic E-state index is -0.397. The van der Waals surface area contributed by atoms with Crippen LogP contribution in [0.4, 0.5) is 0 Å². The molecule has 0 N–H and O–H groups in total.